The second-order valence-electron chi connectivity index (χ2n) is 7.68. The summed E-state index contributed by atoms with van der Waals surface area (Å²) in [6.07, 6.45) is 2.66. The third-order valence-electron chi connectivity index (χ3n) is 4.46. The number of thiazole rings is 1. The van der Waals surface area contributed by atoms with Gasteiger partial charge in [0.2, 0.25) is 0 Å². The molecule has 120 valence electrons. The maximum absolute atomic E-state index is 4.76. The number of rotatable bonds is 5. The van der Waals surface area contributed by atoms with Gasteiger partial charge in [0.15, 0.2) is 0 Å². The molecule has 1 aliphatic rings. The van der Waals surface area contributed by atoms with Crippen LogP contribution < -0.4 is 5.32 Å². The third-order valence-corrected chi connectivity index (χ3v) is 5.36. The number of piperidine rings is 1. The minimum absolute atomic E-state index is 0.461. The van der Waals surface area contributed by atoms with E-state index in [1.165, 1.54) is 36.6 Å². The summed E-state index contributed by atoms with van der Waals surface area (Å²) in [6.45, 7) is 15.8. The lowest BCUT2D eigenvalue weighted by molar-refractivity contribution is 0.107. The standard InChI is InChI=1S/C17H31N3S/c1-13(2)18-10-16-19-15(12-21-16)11-20-8-6-14(7-9-20)17(3,4)5/h12-14,18H,6-11H2,1-5H3. The van der Waals surface area contributed by atoms with Crippen molar-refractivity contribution in [3.8, 4) is 0 Å². The monoisotopic (exact) mass is 309 g/mol. The maximum atomic E-state index is 4.76. The molecule has 21 heavy (non-hydrogen) atoms. The van der Waals surface area contributed by atoms with Crippen LogP contribution in [0.5, 0.6) is 0 Å². The Morgan fingerprint density at radius 1 is 1.33 bits per heavy atom. The topological polar surface area (TPSA) is 28.2 Å². The largest absolute Gasteiger partial charge is 0.308 e. The van der Waals surface area contributed by atoms with Gasteiger partial charge in [-0.2, -0.15) is 0 Å². The van der Waals surface area contributed by atoms with Crippen molar-refractivity contribution in [2.45, 2.75) is 66.6 Å². The highest BCUT2D eigenvalue weighted by molar-refractivity contribution is 7.09. The van der Waals surface area contributed by atoms with E-state index in [0.717, 1.165) is 19.0 Å². The van der Waals surface area contributed by atoms with E-state index in [1.54, 1.807) is 11.3 Å². The number of likely N-dealkylation sites (tertiary alicyclic amines) is 1. The highest BCUT2D eigenvalue weighted by atomic mass is 32.1. The summed E-state index contributed by atoms with van der Waals surface area (Å²) in [4.78, 5) is 7.32. The van der Waals surface area contributed by atoms with E-state index in [2.05, 4.69) is 50.2 Å². The van der Waals surface area contributed by atoms with Crippen molar-refractivity contribution in [2.24, 2.45) is 11.3 Å². The first-order valence-corrected chi connectivity index (χ1v) is 9.11. The molecule has 0 saturated carbocycles. The van der Waals surface area contributed by atoms with Crippen LogP contribution in [-0.2, 0) is 13.1 Å². The van der Waals surface area contributed by atoms with Crippen LogP contribution in [0.15, 0.2) is 5.38 Å². The van der Waals surface area contributed by atoms with Gasteiger partial charge in [0, 0.05) is 24.5 Å². The van der Waals surface area contributed by atoms with Gasteiger partial charge < -0.3 is 5.32 Å². The van der Waals surface area contributed by atoms with E-state index >= 15 is 0 Å². The second-order valence-corrected chi connectivity index (χ2v) is 8.63. The zero-order chi connectivity index (χ0) is 15.5. The van der Waals surface area contributed by atoms with Crippen molar-refractivity contribution in [3.63, 3.8) is 0 Å². The zero-order valence-corrected chi connectivity index (χ0v) is 15.1. The summed E-state index contributed by atoms with van der Waals surface area (Å²) in [6, 6.07) is 0.522. The van der Waals surface area contributed by atoms with Crippen molar-refractivity contribution in [1.29, 1.82) is 0 Å². The Balaban J connectivity index is 1.78. The average molecular weight is 310 g/mol. The van der Waals surface area contributed by atoms with Gasteiger partial charge in [0.1, 0.15) is 5.01 Å². The summed E-state index contributed by atoms with van der Waals surface area (Å²) in [5, 5.41) is 6.88. The average Bonchev–Trinajstić information content (AvgIpc) is 2.83. The number of hydrogen-bond acceptors (Lipinski definition) is 4. The van der Waals surface area contributed by atoms with Gasteiger partial charge in [0.05, 0.1) is 5.69 Å². The van der Waals surface area contributed by atoms with E-state index in [1.807, 2.05) is 0 Å². The lowest BCUT2D eigenvalue weighted by Crippen LogP contribution is -2.37. The molecule has 0 atom stereocenters. The molecule has 1 fully saturated rings. The van der Waals surface area contributed by atoms with Crippen molar-refractivity contribution in [2.75, 3.05) is 13.1 Å². The summed E-state index contributed by atoms with van der Waals surface area (Å²) >= 11 is 1.78. The summed E-state index contributed by atoms with van der Waals surface area (Å²) in [5.74, 6) is 0.870. The van der Waals surface area contributed by atoms with Gasteiger partial charge in [-0.3, -0.25) is 4.90 Å². The fourth-order valence-electron chi connectivity index (χ4n) is 2.98. The third kappa shape index (κ3) is 5.35. The Morgan fingerprint density at radius 2 is 2.00 bits per heavy atom. The molecular weight excluding hydrogens is 278 g/mol. The molecular formula is C17H31N3S. The van der Waals surface area contributed by atoms with Crippen LogP contribution in [0.1, 0.15) is 58.2 Å². The van der Waals surface area contributed by atoms with Gasteiger partial charge in [0.25, 0.3) is 0 Å². The molecule has 1 aromatic rings. The quantitative estimate of drug-likeness (QED) is 0.894. The fourth-order valence-corrected chi connectivity index (χ4v) is 3.72. The van der Waals surface area contributed by atoms with E-state index < -0.39 is 0 Å². The molecule has 0 bridgehead atoms. The molecule has 0 unspecified atom stereocenters. The Labute approximate surface area is 134 Å². The van der Waals surface area contributed by atoms with Gasteiger partial charge in [-0.25, -0.2) is 4.98 Å². The first kappa shape index (κ1) is 16.9. The molecule has 0 aromatic carbocycles. The van der Waals surface area contributed by atoms with Crippen LogP contribution in [0.4, 0.5) is 0 Å². The first-order chi connectivity index (χ1) is 9.84. The molecule has 3 nitrogen and oxygen atoms in total. The van der Waals surface area contributed by atoms with E-state index in [9.17, 15) is 0 Å². The molecule has 0 amide bonds. The second kappa shape index (κ2) is 7.21. The molecule has 1 aromatic heterocycles. The number of aromatic nitrogens is 1. The highest BCUT2D eigenvalue weighted by Crippen LogP contribution is 2.34. The molecule has 1 saturated heterocycles. The molecule has 2 rings (SSSR count). The smallest absolute Gasteiger partial charge is 0.107 e. The SMILES string of the molecule is CC(C)NCc1nc(CN2CCC(C(C)(C)C)CC2)cs1. The van der Waals surface area contributed by atoms with Crippen molar-refractivity contribution in [1.82, 2.24) is 15.2 Å². The maximum Gasteiger partial charge on any atom is 0.107 e. The predicted molar refractivity (Wildman–Crippen MR) is 91.5 cm³/mol. The Bertz CT molecular complexity index is 425. The summed E-state index contributed by atoms with van der Waals surface area (Å²) in [5.41, 5.74) is 1.71. The lowest BCUT2D eigenvalue weighted by atomic mass is 9.75. The van der Waals surface area contributed by atoms with E-state index in [4.69, 9.17) is 4.98 Å². The normalized spacial score (nSPS) is 18.6. The lowest BCUT2D eigenvalue weighted by Gasteiger charge is -2.38. The molecule has 0 aliphatic carbocycles. The van der Waals surface area contributed by atoms with E-state index in [-0.39, 0.29) is 0 Å². The van der Waals surface area contributed by atoms with Crippen molar-refractivity contribution in [3.05, 3.63) is 16.1 Å². The van der Waals surface area contributed by atoms with Crippen LogP contribution in [0.3, 0.4) is 0 Å². The predicted octanol–water partition coefficient (Wildman–Crippen LogP) is 3.90. The molecule has 2 heterocycles. The van der Waals surface area contributed by atoms with Gasteiger partial charge in [-0.15, -0.1) is 11.3 Å². The number of nitrogens with one attached hydrogen (secondary N) is 1. The minimum Gasteiger partial charge on any atom is -0.308 e. The van der Waals surface area contributed by atoms with Crippen LogP contribution in [0, 0.1) is 11.3 Å². The van der Waals surface area contributed by atoms with Gasteiger partial charge in [-0.05, 0) is 37.3 Å². The van der Waals surface area contributed by atoms with Crippen molar-refractivity contribution >= 4 is 11.3 Å². The fraction of sp³-hybridized carbons (Fsp3) is 0.824. The molecule has 1 aliphatic heterocycles. The zero-order valence-electron chi connectivity index (χ0n) is 14.3. The summed E-state index contributed by atoms with van der Waals surface area (Å²) < 4.78 is 0. The van der Waals surface area contributed by atoms with Crippen LogP contribution in [0.25, 0.3) is 0 Å². The Hall–Kier alpha value is -0.450. The van der Waals surface area contributed by atoms with Gasteiger partial charge in [-0.1, -0.05) is 34.6 Å². The first-order valence-electron chi connectivity index (χ1n) is 8.23. The molecule has 0 spiro atoms. The number of nitrogens with zero attached hydrogens (tertiary/aromatic N) is 2. The Kier molecular flexibility index (Phi) is 5.81. The van der Waals surface area contributed by atoms with Crippen LogP contribution >= 0.6 is 11.3 Å². The molecule has 0 radical (unpaired) electrons. The minimum atomic E-state index is 0.461. The summed E-state index contributed by atoms with van der Waals surface area (Å²) in [7, 11) is 0. The van der Waals surface area contributed by atoms with Crippen LogP contribution in [-0.4, -0.2) is 29.0 Å². The molecule has 1 N–H and O–H groups in total. The molecule has 4 heteroatoms. The van der Waals surface area contributed by atoms with E-state index in [0.29, 0.717) is 11.5 Å². The van der Waals surface area contributed by atoms with Crippen LogP contribution in [0.2, 0.25) is 0 Å². The Morgan fingerprint density at radius 3 is 2.57 bits per heavy atom. The highest BCUT2D eigenvalue weighted by Gasteiger charge is 2.28. The van der Waals surface area contributed by atoms with Crippen molar-refractivity contribution < 1.29 is 0 Å². The van der Waals surface area contributed by atoms with Gasteiger partial charge >= 0.3 is 0 Å². The number of hydrogen-bond donors (Lipinski definition) is 1.